The summed E-state index contributed by atoms with van der Waals surface area (Å²) in [5.74, 6) is -0.303. The number of halogens is 4. The van der Waals surface area contributed by atoms with Crippen molar-refractivity contribution < 1.29 is 22.8 Å². The Morgan fingerprint density at radius 1 is 1.09 bits per heavy atom. The van der Waals surface area contributed by atoms with Gasteiger partial charge in [0.15, 0.2) is 5.16 Å². The van der Waals surface area contributed by atoms with E-state index in [1.807, 2.05) is 0 Å². The van der Waals surface area contributed by atoms with E-state index in [1.165, 1.54) is 13.0 Å². The molecular weight excluding hydrogens is 467 g/mol. The van der Waals surface area contributed by atoms with Crippen LogP contribution in [0.15, 0.2) is 47.6 Å². The van der Waals surface area contributed by atoms with Gasteiger partial charge in [-0.25, -0.2) is 0 Å². The number of amides is 2. The summed E-state index contributed by atoms with van der Waals surface area (Å²) in [6, 6.07) is 10.2. The van der Waals surface area contributed by atoms with Crippen LogP contribution in [-0.4, -0.2) is 32.3 Å². The molecule has 2 aromatic carbocycles. The first-order chi connectivity index (χ1) is 15.0. The lowest BCUT2D eigenvalue weighted by atomic mass is 10.2. The standard InChI is InChI=1S/C20H17ClF3N5O2S/c1-11-27-28-19(29(11)15-5-3-4-13(8-15)25-12(2)30)32-10-18(31)26-14-6-7-17(21)16(9-14)20(22,23)24/h3-9H,10H2,1-2H3,(H,25,30)(H,26,31). The zero-order valence-electron chi connectivity index (χ0n) is 16.8. The van der Waals surface area contributed by atoms with Gasteiger partial charge in [-0.3, -0.25) is 14.2 Å². The Morgan fingerprint density at radius 2 is 1.81 bits per heavy atom. The number of rotatable bonds is 6. The van der Waals surface area contributed by atoms with Gasteiger partial charge in [-0.2, -0.15) is 13.2 Å². The summed E-state index contributed by atoms with van der Waals surface area (Å²) in [6.07, 6.45) is -4.63. The summed E-state index contributed by atoms with van der Waals surface area (Å²) >= 11 is 6.66. The zero-order valence-corrected chi connectivity index (χ0v) is 18.4. The maximum absolute atomic E-state index is 13.0. The van der Waals surface area contributed by atoms with Crippen molar-refractivity contribution in [1.82, 2.24) is 14.8 Å². The minimum absolute atomic E-state index is 0.0204. The van der Waals surface area contributed by atoms with E-state index in [0.717, 1.165) is 23.9 Å². The van der Waals surface area contributed by atoms with Crippen LogP contribution < -0.4 is 10.6 Å². The van der Waals surface area contributed by atoms with Crippen molar-refractivity contribution in [2.75, 3.05) is 16.4 Å². The van der Waals surface area contributed by atoms with E-state index in [2.05, 4.69) is 20.8 Å². The second-order valence-corrected chi connectivity index (χ2v) is 7.98. The van der Waals surface area contributed by atoms with Crippen molar-refractivity contribution in [3.05, 3.63) is 58.9 Å². The van der Waals surface area contributed by atoms with Crippen molar-refractivity contribution >= 4 is 46.6 Å². The first-order valence-electron chi connectivity index (χ1n) is 9.14. The number of anilines is 2. The van der Waals surface area contributed by atoms with Crippen molar-refractivity contribution in [3.8, 4) is 5.69 Å². The number of carbonyl (C=O) groups is 2. The summed E-state index contributed by atoms with van der Waals surface area (Å²) in [4.78, 5) is 23.6. The molecule has 0 spiro atoms. The third kappa shape index (κ3) is 5.80. The lowest BCUT2D eigenvalue weighted by Gasteiger charge is -2.12. The molecule has 2 amide bonds. The highest BCUT2D eigenvalue weighted by atomic mass is 35.5. The highest BCUT2D eigenvalue weighted by Gasteiger charge is 2.33. The molecule has 0 aliphatic heterocycles. The van der Waals surface area contributed by atoms with E-state index in [9.17, 15) is 22.8 Å². The van der Waals surface area contributed by atoms with E-state index in [4.69, 9.17) is 11.6 Å². The summed E-state index contributed by atoms with van der Waals surface area (Å²) < 4.78 is 40.7. The second-order valence-electron chi connectivity index (χ2n) is 6.63. The molecule has 0 saturated heterocycles. The lowest BCUT2D eigenvalue weighted by molar-refractivity contribution is -0.137. The lowest BCUT2D eigenvalue weighted by Crippen LogP contribution is -2.15. The van der Waals surface area contributed by atoms with Gasteiger partial charge in [0.2, 0.25) is 11.8 Å². The quantitative estimate of drug-likeness (QED) is 0.485. The minimum Gasteiger partial charge on any atom is -0.326 e. The van der Waals surface area contributed by atoms with Gasteiger partial charge in [0.1, 0.15) is 5.82 Å². The normalized spacial score (nSPS) is 11.3. The van der Waals surface area contributed by atoms with Crippen LogP contribution in [0.5, 0.6) is 0 Å². The number of nitrogens with one attached hydrogen (secondary N) is 2. The summed E-state index contributed by atoms with van der Waals surface area (Å²) in [5.41, 5.74) is 0.209. The third-order valence-corrected chi connectivity index (χ3v) is 5.37. The smallest absolute Gasteiger partial charge is 0.326 e. The number of carbonyl (C=O) groups excluding carboxylic acids is 2. The maximum atomic E-state index is 13.0. The average molecular weight is 484 g/mol. The molecule has 168 valence electrons. The Morgan fingerprint density at radius 3 is 2.50 bits per heavy atom. The number of benzene rings is 2. The van der Waals surface area contributed by atoms with Gasteiger partial charge in [-0.1, -0.05) is 29.4 Å². The number of nitrogens with zero attached hydrogens (tertiary/aromatic N) is 3. The van der Waals surface area contributed by atoms with Crippen molar-refractivity contribution in [2.24, 2.45) is 0 Å². The van der Waals surface area contributed by atoms with Gasteiger partial charge in [-0.05, 0) is 43.3 Å². The molecule has 0 atom stereocenters. The van der Waals surface area contributed by atoms with E-state index < -0.39 is 22.7 Å². The van der Waals surface area contributed by atoms with Gasteiger partial charge < -0.3 is 10.6 Å². The molecule has 32 heavy (non-hydrogen) atoms. The Kier molecular flexibility index (Phi) is 7.09. The molecule has 2 N–H and O–H groups in total. The van der Waals surface area contributed by atoms with Crippen LogP contribution in [0.25, 0.3) is 5.69 Å². The van der Waals surface area contributed by atoms with Crippen molar-refractivity contribution in [3.63, 3.8) is 0 Å². The van der Waals surface area contributed by atoms with E-state index in [-0.39, 0.29) is 17.3 Å². The Hall–Kier alpha value is -3.05. The molecule has 0 unspecified atom stereocenters. The summed E-state index contributed by atoms with van der Waals surface area (Å²) in [6.45, 7) is 3.13. The Balaban J connectivity index is 1.73. The van der Waals surface area contributed by atoms with Gasteiger partial charge in [-0.15, -0.1) is 10.2 Å². The number of aryl methyl sites for hydroxylation is 1. The van der Waals surface area contributed by atoms with Crippen LogP contribution in [0.2, 0.25) is 5.02 Å². The third-order valence-electron chi connectivity index (χ3n) is 4.11. The molecule has 12 heteroatoms. The van der Waals surface area contributed by atoms with Crippen molar-refractivity contribution in [1.29, 1.82) is 0 Å². The highest BCUT2D eigenvalue weighted by Crippen LogP contribution is 2.36. The Bertz CT molecular complexity index is 1170. The van der Waals surface area contributed by atoms with E-state index >= 15 is 0 Å². The molecule has 1 aromatic heterocycles. The topological polar surface area (TPSA) is 88.9 Å². The maximum Gasteiger partial charge on any atom is 0.417 e. The summed E-state index contributed by atoms with van der Waals surface area (Å²) in [5, 5.41) is 13.2. The molecule has 0 bridgehead atoms. The predicted molar refractivity (Wildman–Crippen MR) is 116 cm³/mol. The number of hydrogen-bond donors (Lipinski definition) is 2. The fourth-order valence-corrected chi connectivity index (χ4v) is 3.83. The number of alkyl halides is 3. The highest BCUT2D eigenvalue weighted by molar-refractivity contribution is 7.99. The van der Waals surface area contributed by atoms with Gasteiger partial charge in [0.25, 0.3) is 0 Å². The molecule has 0 fully saturated rings. The first kappa shape index (κ1) is 23.6. The monoisotopic (exact) mass is 483 g/mol. The molecular formula is C20H17ClF3N5O2S. The van der Waals surface area contributed by atoms with Gasteiger partial charge >= 0.3 is 6.18 Å². The van der Waals surface area contributed by atoms with Crippen LogP contribution in [0.4, 0.5) is 24.5 Å². The number of hydrogen-bond acceptors (Lipinski definition) is 5. The molecule has 3 rings (SSSR count). The minimum atomic E-state index is -4.63. The molecule has 0 aliphatic carbocycles. The van der Waals surface area contributed by atoms with Crippen LogP contribution in [0, 0.1) is 6.92 Å². The van der Waals surface area contributed by atoms with Crippen LogP contribution in [-0.2, 0) is 15.8 Å². The van der Waals surface area contributed by atoms with Gasteiger partial charge in [0, 0.05) is 18.3 Å². The number of aromatic nitrogens is 3. The average Bonchev–Trinajstić information content (AvgIpc) is 3.07. The largest absolute Gasteiger partial charge is 0.417 e. The van der Waals surface area contributed by atoms with Gasteiger partial charge in [0.05, 0.1) is 22.0 Å². The van der Waals surface area contributed by atoms with E-state index in [0.29, 0.717) is 22.4 Å². The zero-order chi connectivity index (χ0) is 23.5. The van der Waals surface area contributed by atoms with Crippen LogP contribution >= 0.6 is 23.4 Å². The molecule has 0 radical (unpaired) electrons. The first-order valence-corrected chi connectivity index (χ1v) is 10.5. The molecule has 0 aliphatic rings. The molecule has 1 heterocycles. The predicted octanol–water partition coefficient (Wildman–Crippen LogP) is 4.94. The fraction of sp³-hybridized carbons (Fsp3) is 0.200. The molecule has 0 saturated carbocycles. The van der Waals surface area contributed by atoms with E-state index in [1.54, 1.807) is 35.8 Å². The van der Waals surface area contributed by atoms with Crippen LogP contribution in [0.3, 0.4) is 0 Å². The SMILES string of the molecule is CC(=O)Nc1cccc(-n2c(C)nnc2SCC(=O)Nc2ccc(Cl)c(C(F)(F)F)c2)c1. The fourth-order valence-electron chi connectivity index (χ4n) is 2.81. The Labute approximate surface area is 190 Å². The summed E-state index contributed by atoms with van der Waals surface area (Å²) in [7, 11) is 0. The molecule has 7 nitrogen and oxygen atoms in total. The van der Waals surface area contributed by atoms with Crippen LogP contribution in [0.1, 0.15) is 18.3 Å². The second kappa shape index (κ2) is 9.61. The number of thioether (sulfide) groups is 1. The molecule has 3 aromatic rings. The van der Waals surface area contributed by atoms with Crippen molar-refractivity contribution in [2.45, 2.75) is 25.2 Å².